The zero-order chi connectivity index (χ0) is 27.6. The van der Waals surface area contributed by atoms with Gasteiger partial charge in [0.2, 0.25) is 0 Å². The van der Waals surface area contributed by atoms with E-state index in [1.54, 1.807) is 0 Å². The van der Waals surface area contributed by atoms with Gasteiger partial charge in [0, 0.05) is 11.1 Å². The van der Waals surface area contributed by atoms with Gasteiger partial charge >= 0.3 is 0 Å². The number of hydrogen-bond donors (Lipinski definition) is 0. The number of aromatic nitrogens is 1. The van der Waals surface area contributed by atoms with Crippen LogP contribution in [-0.4, -0.2) is 4.98 Å². The molecule has 0 aliphatic heterocycles. The fourth-order valence-electron chi connectivity index (χ4n) is 5.38. The minimum Gasteiger partial charge on any atom is -0.248 e. The van der Waals surface area contributed by atoms with E-state index in [2.05, 4.69) is 155 Å². The second kappa shape index (κ2) is 10.8. The SMILES string of the molecule is Cc1cccc(-c2cc(-c3cccc(C)c3)cc(-c3cc(-c4cccc(C)c4)nc(-c4cccc(C)c4)c3)c2)c1. The predicted octanol–water partition coefficient (Wildman–Crippen LogP) is 10.7. The summed E-state index contributed by atoms with van der Waals surface area (Å²) < 4.78 is 0. The Morgan fingerprint density at radius 3 is 0.975 bits per heavy atom. The first-order valence-corrected chi connectivity index (χ1v) is 13.9. The summed E-state index contributed by atoms with van der Waals surface area (Å²) in [7, 11) is 0. The highest BCUT2D eigenvalue weighted by atomic mass is 14.7. The van der Waals surface area contributed by atoms with Crippen LogP contribution in [0.3, 0.4) is 0 Å². The lowest BCUT2D eigenvalue weighted by Gasteiger charge is -2.15. The van der Waals surface area contributed by atoms with Gasteiger partial charge in [0.25, 0.3) is 0 Å². The van der Waals surface area contributed by atoms with Crippen molar-refractivity contribution in [3.63, 3.8) is 0 Å². The van der Waals surface area contributed by atoms with Crippen LogP contribution in [0.2, 0.25) is 0 Å². The van der Waals surface area contributed by atoms with Gasteiger partial charge in [-0.3, -0.25) is 0 Å². The molecule has 0 amide bonds. The number of pyridine rings is 1. The minimum atomic E-state index is 0.982. The Kier molecular flexibility index (Phi) is 6.88. The fraction of sp³-hybridized carbons (Fsp3) is 0.103. The number of hydrogen-bond acceptors (Lipinski definition) is 1. The van der Waals surface area contributed by atoms with Crippen LogP contribution in [0.4, 0.5) is 0 Å². The highest BCUT2D eigenvalue weighted by molar-refractivity contribution is 5.84. The van der Waals surface area contributed by atoms with E-state index in [4.69, 9.17) is 4.98 Å². The smallest absolute Gasteiger partial charge is 0.0715 e. The molecule has 6 rings (SSSR count). The molecular weight excluding hydrogens is 482 g/mol. The van der Waals surface area contributed by atoms with Crippen molar-refractivity contribution in [3.05, 3.63) is 150 Å². The van der Waals surface area contributed by atoms with Gasteiger partial charge in [-0.15, -0.1) is 0 Å². The van der Waals surface area contributed by atoms with E-state index in [1.165, 1.54) is 50.1 Å². The molecule has 6 aromatic rings. The lowest BCUT2D eigenvalue weighted by atomic mass is 9.91. The summed E-state index contributed by atoms with van der Waals surface area (Å²) in [5.74, 6) is 0. The van der Waals surface area contributed by atoms with E-state index < -0.39 is 0 Å². The topological polar surface area (TPSA) is 12.9 Å². The summed E-state index contributed by atoms with van der Waals surface area (Å²) in [6, 6.07) is 46.2. The Hall–Kier alpha value is -4.75. The monoisotopic (exact) mass is 515 g/mol. The Morgan fingerprint density at radius 2 is 0.600 bits per heavy atom. The van der Waals surface area contributed by atoms with Crippen molar-refractivity contribution in [1.29, 1.82) is 0 Å². The third kappa shape index (κ3) is 5.51. The van der Waals surface area contributed by atoms with Crippen molar-refractivity contribution in [1.82, 2.24) is 4.98 Å². The zero-order valence-corrected chi connectivity index (χ0v) is 23.6. The molecule has 0 saturated carbocycles. The first-order chi connectivity index (χ1) is 19.4. The van der Waals surface area contributed by atoms with E-state index in [-0.39, 0.29) is 0 Å². The maximum Gasteiger partial charge on any atom is 0.0715 e. The molecule has 1 heterocycles. The molecule has 0 aliphatic rings. The zero-order valence-electron chi connectivity index (χ0n) is 23.6. The number of nitrogens with zero attached hydrogens (tertiary/aromatic N) is 1. The molecular formula is C39H33N. The Balaban J connectivity index is 1.60. The van der Waals surface area contributed by atoms with Gasteiger partial charge in [0.15, 0.2) is 0 Å². The molecule has 40 heavy (non-hydrogen) atoms. The molecule has 1 aromatic heterocycles. The summed E-state index contributed by atoms with van der Waals surface area (Å²) in [6.07, 6.45) is 0. The van der Waals surface area contributed by atoms with Gasteiger partial charge in [-0.25, -0.2) is 4.98 Å². The van der Waals surface area contributed by atoms with Crippen LogP contribution in [0, 0.1) is 27.7 Å². The van der Waals surface area contributed by atoms with Crippen LogP contribution in [-0.2, 0) is 0 Å². The number of aryl methyl sites for hydroxylation is 4. The van der Waals surface area contributed by atoms with Gasteiger partial charge in [0.1, 0.15) is 0 Å². The van der Waals surface area contributed by atoms with Gasteiger partial charge < -0.3 is 0 Å². The first kappa shape index (κ1) is 25.5. The average molecular weight is 516 g/mol. The van der Waals surface area contributed by atoms with E-state index in [9.17, 15) is 0 Å². The molecule has 194 valence electrons. The molecule has 0 radical (unpaired) electrons. The minimum absolute atomic E-state index is 0.982. The molecule has 0 fully saturated rings. The second-order valence-corrected chi connectivity index (χ2v) is 10.9. The van der Waals surface area contributed by atoms with Crippen LogP contribution in [0.25, 0.3) is 55.9 Å². The third-order valence-corrected chi connectivity index (χ3v) is 7.42. The molecule has 0 unspecified atom stereocenters. The van der Waals surface area contributed by atoms with Crippen LogP contribution in [0.5, 0.6) is 0 Å². The molecule has 0 spiro atoms. The summed E-state index contributed by atoms with van der Waals surface area (Å²) >= 11 is 0. The Bertz CT molecular complexity index is 1580. The first-order valence-electron chi connectivity index (χ1n) is 13.9. The van der Waals surface area contributed by atoms with Crippen LogP contribution in [0.15, 0.2) is 127 Å². The maximum absolute atomic E-state index is 5.17. The van der Waals surface area contributed by atoms with Crippen LogP contribution < -0.4 is 0 Å². The van der Waals surface area contributed by atoms with E-state index in [0.29, 0.717) is 0 Å². The molecule has 5 aromatic carbocycles. The largest absolute Gasteiger partial charge is 0.248 e. The molecule has 1 nitrogen and oxygen atoms in total. The summed E-state index contributed by atoms with van der Waals surface area (Å²) in [4.78, 5) is 5.17. The molecule has 0 aliphatic carbocycles. The standard InChI is InChI=1S/C39H33N/c1-26-9-5-13-30(17-26)34-21-35(31-14-6-10-27(2)18-31)23-36(22-34)37-24-38(32-15-7-11-28(3)19-32)40-39(25-37)33-16-8-12-29(4)20-33/h5-25H,1-4H3. The summed E-state index contributed by atoms with van der Waals surface area (Å²) in [6.45, 7) is 8.57. The average Bonchev–Trinajstić information content (AvgIpc) is 2.97. The van der Waals surface area contributed by atoms with Crippen molar-refractivity contribution in [2.24, 2.45) is 0 Å². The third-order valence-electron chi connectivity index (χ3n) is 7.42. The summed E-state index contributed by atoms with van der Waals surface area (Å²) in [5, 5.41) is 0. The number of rotatable bonds is 5. The van der Waals surface area contributed by atoms with E-state index >= 15 is 0 Å². The Labute approximate surface area is 237 Å². The van der Waals surface area contributed by atoms with Crippen molar-refractivity contribution in [3.8, 4) is 55.9 Å². The second-order valence-electron chi connectivity index (χ2n) is 10.9. The molecule has 1 heteroatoms. The lowest BCUT2D eigenvalue weighted by Crippen LogP contribution is -1.93. The van der Waals surface area contributed by atoms with Gasteiger partial charge in [-0.2, -0.15) is 0 Å². The molecule has 0 N–H and O–H groups in total. The highest BCUT2D eigenvalue weighted by Gasteiger charge is 2.13. The fourth-order valence-corrected chi connectivity index (χ4v) is 5.38. The van der Waals surface area contributed by atoms with Crippen molar-refractivity contribution >= 4 is 0 Å². The number of benzene rings is 5. The van der Waals surface area contributed by atoms with Crippen molar-refractivity contribution in [2.45, 2.75) is 27.7 Å². The highest BCUT2D eigenvalue weighted by Crippen LogP contribution is 2.36. The quantitative estimate of drug-likeness (QED) is 0.222. The molecule has 0 saturated heterocycles. The predicted molar refractivity (Wildman–Crippen MR) is 170 cm³/mol. The normalized spacial score (nSPS) is 11.0. The van der Waals surface area contributed by atoms with Gasteiger partial charge in [-0.1, -0.05) is 107 Å². The maximum atomic E-state index is 5.17. The van der Waals surface area contributed by atoms with Gasteiger partial charge in [-0.05, 0) is 104 Å². The van der Waals surface area contributed by atoms with Crippen molar-refractivity contribution in [2.75, 3.05) is 0 Å². The lowest BCUT2D eigenvalue weighted by molar-refractivity contribution is 1.31. The van der Waals surface area contributed by atoms with E-state index in [0.717, 1.165) is 28.1 Å². The Morgan fingerprint density at radius 1 is 0.300 bits per heavy atom. The van der Waals surface area contributed by atoms with Crippen molar-refractivity contribution < 1.29 is 0 Å². The van der Waals surface area contributed by atoms with E-state index in [1.807, 2.05) is 0 Å². The van der Waals surface area contributed by atoms with Crippen LogP contribution >= 0.6 is 0 Å². The van der Waals surface area contributed by atoms with Gasteiger partial charge in [0.05, 0.1) is 11.4 Å². The molecule has 0 atom stereocenters. The molecule has 0 bridgehead atoms. The summed E-state index contributed by atoms with van der Waals surface area (Å²) in [5.41, 5.74) is 16.4. The van der Waals surface area contributed by atoms with Crippen LogP contribution in [0.1, 0.15) is 22.3 Å².